The number of rotatable bonds is 5. The summed E-state index contributed by atoms with van der Waals surface area (Å²) in [7, 11) is 1.68. The van der Waals surface area contributed by atoms with Crippen molar-refractivity contribution in [2.24, 2.45) is 5.73 Å². The zero-order valence-corrected chi connectivity index (χ0v) is 12.6. The highest BCUT2D eigenvalue weighted by Crippen LogP contribution is 2.29. The van der Waals surface area contributed by atoms with Gasteiger partial charge in [-0.3, -0.25) is 0 Å². The zero-order chi connectivity index (χ0) is 13.7. The number of nitrogens with two attached hydrogens (primary N) is 1. The second-order valence-corrected chi connectivity index (χ2v) is 4.35. The molecule has 0 unspecified atom stereocenters. The van der Waals surface area contributed by atoms with E-state index in [2.05, 4.69) is 19.1 Å². The Balaban J connectivity index is 0.00000200. The second-order valence-electron chi connectivity index (χ2n) is 4.35. The first-order valence-electron chi connectivity index (χ1n) is 6.32. The smallest absolute Gasteiger partial charge is 0.119 e. The van der Waals surface area contributed by atoms with E-state index in [9.17, 15) is 0 Å². The van der Waals surface area contributed by atoms with E-state index in [-0.39, 0.29) is 12.4 Å². The molecule has 0 aliphatic carbocycles. The van der Waals surface area contributed by atoms with E-state index in [4.69, 9.17) is 15.2 Å². The Hall–Kier alpha value is -1.71. The highest BCUT2D eigenvalue weighted by atomic mass is 35.5. The number of aryl methyl sites for hydroxylation is 1. The molecule has 0 amide bonds. The molecule has 108 valence electrons. The van der Waals surface area contributed by atoms with E-state index >= 15 is 0 Å². The van der Waals surface area contributed by atoms with Gasteiger partial charge in [0.25, 0.3) is 0 Å². The Morgan fingerprint density at radius 1 is 1.05 bits per heavy atom. The van der Waals surface area contributed by atoms with E-state index in [0.29, 0.717) is 13.2 Å². The molecule has 0 atom stereocenters. The summed E-state index contributed by atoms with van der Waals surface area (Å²) in [6, 6.07) is 14.1. The van der Waals surface area contributed by atoms with Crippen molar-refractivity contribution in [3.05, 3.63) is 48.0 Å². The monoisotopic (exact) mass is 293 g/mol. The van der Waals surface area contributed by atoms with Gasteiger partial charge in [0.2, 0.25) is 0 Å². The van der Waals surface area contributed by atoms with E-state index < -0.39 is 0 Å². The minimum absolute atomic E-state index is 0. The predicted octanol–water partition coefficient (Wildman–Crippen LogP) is 3.43. The van der Waals surface area contributed by atoms with Crippen molar-refractivity contribution in [1.29, 1.82) is 0 Å². The minimum Gasteiger partial charge on any atom is -0.497 e. The zero-order valence-electron chi connectivity index (χ0n) is 11.8. The van der Waals surface area contributed by atoms with Gasteiger partial charge in [-0.2, -0.15) is 0 Å². The lowest BCUT2D eigenvalue weighted by Crippen LogP contribution is -2.10. The largest absolute Gasteiger partial charge is 0.497 e. The maximum atomic E-state index is 5.52. The lowest BCUT2D eigenvalue weighted by molar-refractivity contribution is 0.328. The summed E-state index contributed by atoms with van der Waals surface area (Å²) in [5.41, 5.74) is 8.92. The summed E-state index contributed by atoms with van der Waals surface area (Å²) in [6.07, 6.45) is 0. The van der Waals surface area contributed by atoms with Crippen LogP contribution >= 0.6 is 12.4 Å². The molecule has 2 N–H and O–H groups in total. The van der Waals surface area contributed by atoms with E-state index in [1.54, 1.807) is 7.11 Å². The van der Waals surface area contributed by atoms with Crippen molar-refractivity contribution in [3.63, 3.8) is 0 Å². The molecule has 0 aliphatic rings. The third-order valence-corrected chi connectivity index (χ3v) is 2.97. The van der Waals surface area contributed by atoms with Gasteiger partial charge in [0.15, 0.2) is 0 Å². The fourth-order valence-electron chi connectivity index (χ4n) is 2.02. The fourth-order valence-corrected chi connectivity index (χ4v) is 2.02. The number of hydrogen-bond donors (Lipinski definition) is 1. The molecule has 0 heterocycles. The van der Waals surface area contributed by atoms with Crippen molar-refractivity contribution < 1.29 is 9.47 Å². The van der Waals surface area contributed by atoms with E-state index in [0.717, 1.165) is 17.1 Å². The van der Waals surface area contributed by atoms with Crippen LogP contribution in [0.4, 0.5) is 0 Å². The Bertz CT molecular complexity index is 558. The Kier molecular flexibility index (Phi) is 6.36. The van der Waals surface area contributed by atoms with Crippen molar-refractivity contribution in [3.8, 4) is 22.6 Å². The van der Waals surface area contributed by atoms with Gasteiger partial charge in [-0.05, 0) is 47.9 Å². The molecule has 4 heteroatoms. The topological polar surface area (TPSA) is 44.5 Å². The van der Waals surface area contributed by atoms with Crippen LogP contribution in [0.15, 0.2) is 42.5 Å². The molecule has 0 bridgehead atoms. The van der Waals surface area contributed by atoms with E-state index in [1.165, 1.54) is 11.1 Å². The molecule has 0 saturated heterocycles. The lowest BCUT2D eigenvalue weighted by Gasteiger charge is -2.10. The van der Waals surface area contributed by atoms with Crippen LogP contribution in [-0.2, 0) is 0 Å². The second kappa shape index (κ2) is 7.78. The maximum Gasteiger partial charge on any atom is 0.119 e. The van der Waals surface area contributed by atoms with Crippen LogP contribution in [0.3, 0.4) is 0 Å². The van der Waals surface area contributed by atoms with Crippen LogP contribution in [0.5, 0.6) is 11.5 Å². The summed E-state index contributed by atoms with van der Waals surface area (Å²) in [5.74, 6) is 1.72. The normalized spacial score (nSPS) is 9.75. The highest BCUT2D eigenvalue weighted by molar-refractivity contribution is 5.85. The molecule has 0 aromatic heterocycles. The summed E-state index contributed by atoms with van der Waals surface area (Å²) in [4.78, 5) is 0. The standard InChI is InChI=1S/C16H19NO2.ClH/c1-12-10-15(19-9-8-17)6-7-16(12)13-4-3-5-14(11-13)18-2;/h3-7,10-11H,8-9,17H2,1-2H3;1H. The molecule has 0 spiro atoms. The fraction of sp³-hybridized carbons (Fsp3) is 0.250. The molecule has 2 aromatic rings. The van der Waals surface area contributed by atoms with Gasteiger partial charge >= 0.3 is 0 Å². The molecule has 0 aliphatic heterocycles. The number of halogens is 1. The highest BCUT2D eigenvalue weighted by Gasteiger charge is 2.04. The summed E-state index contributed by atoms with van der Waals surface area (Å²) in [6.45, 7) is 3.14. The molecule has 3 nitrogen and oxygen atoms in total. The van der Waals surface area contributed by atoms with Gasteiger partial charge < -0.3 is 15.2 Å². The number of methoxy groups -OCH3 is 1. The van der Waals surface area contributed by atoms with Gasteiger partial charge in [-0.25, -0.2) is 0 Å². The molecular formula is C16H20ClNO2. The van der Waals surface area contributed by atoms with Gasteiger partial charge in [-0.1, -0.05) is 18.2 Å². The third kappa shape index (κ3) is 3.89. The van der Waals surface area contributed by atoms with Gasteiger partial charge in [0.1, 0.15) is 18.1 Å². The minimum atomic E-state index is 0. The van der Waals surface area contributed by atoms with Crippen LogP contribution in [0.25, 0.3) is 11.1 Å². The number of benzene rings is 2. The van der Waals surface area contributed by atoms with Gasteiger partial charge in [0.05, 0.1) is 7.11 Å². The van der Waals surface area contributed by atoms with Gasteiger partial charge in [0, 0.05) is 6.54 Å². The summed E-state index contributed by atoms with van der Waals surface area (Å²) >= 11 is 0. The Labute approximate surface area is 126 Å². The third-order valence-electron chi connectivity index (χ3n) is 2.97. The maximum absolute atomic E-state index is 5.52. The molecule has 0 fully saturated rings. The number of hydrogen-bond acceptors (Lipinski definition) is 3. The average Bonchev–Trinajstić information content (AvgIpc) is 2.45. The van der Waals surface area contributed by atoms with Gasteiger partial charge in [-0.15, -0.1) is 12.4 Å². The molecule has 0 saturated carbocycles. The van der Waals surface area contributed by atoms with E-state index in [1.807, 2.05) is 30.3 Å². The van der Waals surface area contributed by atoms with Crippen LogP contribution in [0.2, 0.25) is 0 Å². The van der Waals surface area contributed by atoms with Crippen molar-refractivity contribution in [1.82, 2.24) is 0 Å². The average molecular weight is 294 g/mol. The van der Waals surface area contributed by atoms with Crippen LogP contribution < -0.4 is 15.2 Å². The van der Waals surface area contributed by atoms with Crippen molar-refractivity contribution >= 4 is 12.4 Å². The lowest BCUT2D eigenvalue weighted by atomic mass is 10.0. The first kappa shape index (κ1) is 16.3. The first-order chi connectivity index (χ1) is 9.24. The summed E-state index contributed by atoms with van der Waals surface area (Å²) < 4.78 is 10.8. The number of ether oxygens (including phenoxy) is 2. The molecular weight excluding hydrogens is 274 g/mol. The first-order valence-corrected chi connectivity index (χ1v) is 6.32. The van der Waals surface area contributed by atoms with Crippen molar-refractivity contribution in [2.75, 3.05) is 20.3 Å². The SMILES string of the molecule is COc1cccc(-c2ccc(OCCN)cc2C)c1.Cl. The Morgan fingerprint density at radius 2 is 1.85 bits per heavy atom. The Morgan fingerprint density at radius 3 is 2.50 bits per heavy atom. The molecule has 2 rings (SSSR count). The van der Waals surface area contributed by atoms with Crippen LogP contribution in [0.1, 0.15) is 5.56 Å². The summed E-state index contributed by atoms with van der Waals surface area (Å²) in [5, 5.41) is 0. The molecule has 2 aromatic carbocycles. The van der Waals surface area contributed by atoms with Crippen molar-refractivity contribution in [2.45, 2.75) is 6.92 Å². The molecule has 0 radical (unpaired) electrons. The van der Waals surface area contributed by atoms with Crippen LogP contribution in [-0.4, -0.2) is 20.3 Å². The van der Waals surface area contributed by atoms with Crippen LogP contribution in [0, 0.1) is 6.92 Å². The molecule has 20 heavy (non-hydrogen) atoms. The predicted molar refractivity (Wildman–Crippen MR) is 85.0 cm³/mol. The quantitative estimate of drug-likeness (QED) is 0.918.